The van der Waals surface area contributed by atoms with Crippen LogP contribution in [0.1, 0.15) is 23.0 Å². The minimum atomic E-state index is -1.01. The molecule has 4 heteroatoms. The van der Waals surface area contributed by atoms with Gasteiger partial charge < -0.3 is 9.84 Å². The smallest absolute Gasteiger partial charge is 0.354 e. The van der Waals surface area contributed by atoms with Gasteiger partial charge in [0.2, 0.25) is 0 Å². The Labute approximate surface area is 76.2 Å². The van der Waals surface area contributed by atoms with E-state index in [-0.39, 0.29) is 5.69 Å². The van der Waals surface area contributed by atoms with Gasteiger partial charge in [0.1, 0.15) is 5.75 Å². The Hall–Kier alpha value is -1.58. The third-order valence-electron chi connectivity index (χ3n) is 1.57. The first-order valence-corrected chi connectivity index (χ1v) is 3.98. The molecule has 4 nitrogen and oxygen atoms in total. The van der Waals surface area contributed by atoms with E-state index in [1.807, 2.05) is 6.92 Å². The Balaban J connectivity index is 2.98. The highest BCUT2D eigenvalue weighted by atomic mass is 16.5. The normalized spacial score (nSPS) is 9.69. The maximum atomic E-state index is 10.6. The highest BCUT2D eigenvalue weighted by Gasteiger charge is 2.08. The summed E-state index contributed by atoms with van der Waals surface area (Å²) in [4.78, 5) is 14.4. The van der Waals surface area contributed by atoms with E-state index < -0.39 is 5.97 Å². The summed E-state index contributed by atoms with van der Waals surface area (Å²) < 4.78 is 5.17. The lowest BCUT2D eigenvalue weighted by molar-refractivity contribution is 0.0689. The number of aryl methyl sites for hydroxylation is 1. The minimum Gasteiger partial charge on any atom is -0.492 e. The van der Waals surface area contributed by atoms with E-state index in [1.54, 1.807) is 13.0 Å². The number of aromatic carboxylic acids is 1. The second-order valence-corrected chi connectivity index (χ2v) is 2.57. The highest BCUT2D eigenvalue weighted by molar-refractivity contribution is 5.87. The Kier molecular flexibility index (Phi) is 2.84. The molecular weight excluding hydrogens is 170 g/mol. The van der Waals surface area contributed by atoms with Crippen LogP contribution in [0.25, 0.3) is 0 Å². The van der Waals surface area contributed by atoms with Crippen molar-refractivity contribution < 1.29 is 14.6 Å². The van der Waals surface area contributed by atoms with Gasteiger partial charge in [-0.2, -0.15) is 0 Å². The van der Waals surface area contributed by atoms with Crippen molar-refractivity contribution in [3.63, 3.8) is 0 Å². The predicted octanol–water partition coefficient (Wildman–Crippen LogP) is 1.49. The number of carboxylic acids is 1. The molecule has 1 aromatic rings. The lowest BCUT2D eigenvalue weighted by atomic mass is 10.2. The summed E-state index contributed by atoms with van der Waals surface area (Å²) in [5.74, 6) is -0.412. The fourth-order valence-corrected chi connectivity index (χ4v) is 1.02. The van der Waals surface area contributed by atoms with Crippen molar-refractivity contribution in [2.45, 2.75) is 13.8 Å². The maximum Gasteiger partial charge on any atom is 0.354 e. The van der Waals surface area contributed by atoms with E-state index in [0.717, 1.165) is 0 Å². The second-order valence-electron chi connectivity index (χ2n) is 2.57. The van der Waals surface area contributed by atoms with Crippen molar-refractivity contribution in [2.24, 2.45) is 0 Å². The number of carboxylic acid groups (broad SMARTS) is 1. The van der Waals surface area contributed by atoms with E-state index in [9.17, 15) is 4.79 Å². The zero-order chi connectivity index (χ0) is 9.84. The molecule has 1 aromatic heterocycles. The summed E-state index contributed by atoms with van der Waals surface area (Å²) in [6.45, 7) is 4.10. The summed E-state index contributed by atoms with van der Waals surface area (Å²) in [6, 6.07) is 1.67. The molecule has 0 aliphatic rings. The second kappa shape index (κ2) is 3.89. The third kappa shape index (κ3) is 2.18. The van der Waals surface area contributed by atoms with Crippen LogP contribution in [0.4, 0.5) is 0 Å². The predicted molar refractivity (Wildman–Crippen MR) is 47.1 cm³/mol. The Morgan fingerprint density at radius 1 is 1.69 bits per heavy atom. The lowest BCUT2D eigenvalue weighted by Crippen LogP contribution is -2.04. The third-order valence-corrected chi connectivity index (χ3v) is 1.57. The molecule has 0 fully saturated rings. The molecule has 1 heterocycles. The van der Waals surface area contributed by atoms with Crippen LogP contribution in [0.5, 0.6) is 5.75 Å². The first kappa shape index (κ1) is 9.51. The van der Waals surface area contributed by atoms with Crippen molar-refractivity contribution in [1.29, 1.82) is 0 Å². The van der Waals surface area contributed by atoms with Crippen LogP contribution in [0.2, 0.25) is 0 Å². The molecule has 70 valence electrons. The number of rotatable bonds is 3. The molecule has 0 saturated carbocycles. The molecule has 0 spiro atoms. The van der Waals surface area contributed by atoms with Gasteiger partial charge in [-0.1, -0.05) is 0 Å². The Morgan fingerprint density at radius 2 is 2.38 bits per heavy atom. The topological polar surface area (TPSA) is 59.4 Å². The lowest BCUT2D eigenvalue weighted by Gasteiger charge is -2.04. The average molecular weight is 181 g/mol. The molecule has 0 saturated heterocycles. The number of hydrogen-bond acceptors (Lipinski definition) is 3. The van der Waals surface area contributed by atoms with Crippen LogP contribution in [0.15, 0.2) is 12.3 Å². The number of hydrogen-bond donors (Lipinski definition) is 1. The molecule has 0 aromatic carbocycles. The molecule has 0 aliphatic carbocycles. The maximum absolute atomic E-state index is 10.6. The van der Waals surface area contributed by atoms with Crippen LogP contribution in [-0.4, -0.2) is 22.7 Å². The summed E-state index contributed by atoms with van der Waals surface area (Å²) in [7, 11) is 0. The molecule has 0 unspecified atom stereocenters. The van der Waals surface area contributed by atoms with Gasteiger partial charge in [-0.3, -0.25) is 0 Å². The molecule has 0 atom stereocenters. The quantitative estimate of drug-likeness (QED) is 0.767. The van der Waals surface area contributed by atoms with Gasteiger partial charge in [-0.05, 0) is 25.5 Å². The molecule has 1 rings (SSSR count). The first-order chi connectivity index (χ1) is 6.15. The fourth-order valence-electron chi connectivity index (χ4n) is 1.02. The van der Waals surface area contributed by atoms with E-state index in [2.05, 4.69) is 4.98 Å². The molecule has 1 N–H and O–H groups in total. The number of nitrogens with zero attached hydrogens (tertiary/aromatic N) is 1. The Bertz CT molecular complexity index is 323. The van der Waals surface area contributed by atoms with Crippen molar-refractivity contribution in [3.05, 3.63) is 23.5 Å². The first-order valence-electron chi connectivity index (χ1n) is 3.98. The van der Waals surface area contributed by atoms with Gasteiger partial charge in [-0.15, -0.1) is 0 Å². The summed E-state index contributed by atoms with van der Waals surface area (Å²) in [5.41, 5.74) is 0.682. The molecule has 0 aliphatic heterocycles. The minimum absolute atomic E-state index is 0.0726. The summed E-state index contributed by atoms with van der Waals surface area (Å²) >= 11 is 0. The van der Waals surface area contributed by atoms with Crippen LogP contribution < -0.4 is 4.74 Å². The van der Waals surface area contributed by atoms with Gasteiger partial charge in [0, 0.05) is 0 Å². The van der Waals surface area contributed by atoms with Gasteiger partial charge >= 0.3 is 5.97 Å². The molecular formula is C9H11NO3. The molecule has 0 amide bonds. The van der Waals surface area contributed by atoms with Crippen molar-refractivity contribution >= 4 is 5.97 Å². The highest BCUT2D eigenvalue weighted by Crippen LogP contribution is 2.13. The van der Waals surface area contributed by atoms with E-state index in [4.69, 9.17) is 9.84 Å². The van der Waals surface area contributed by atoms with Crippen molar-refractivity contribution in [2.75, 3.05) is 6.61 Å². The van der Waals surface area contributed by atoms with Crippen LogP contribution in [-0.2, 0) is 0 Å². The van der Waals surface area contributed by atoms with Gasteiger partial charge in [0.15, 0.2) is 5.69 Å². The molecule has 13 heavy (non-hydrogen) atoms. The fraction of sp³-hybridized carbons (Fsp3) is 0.333. The van der Waals surface area contributed by atoms with E-state index in [1.165, 1.54) is 6.20 Å². The monoisotopic (exact) mass is 181 g/mol. The van der Waals surface area contributed by atoms with Crippen LogP contribution in [0.3, 0.4) is 0 Å². The number of aromatic nitrogens is 1. The summed E-state index contributed by atoms with van der Waals surface area (Å²) in [6.07, 6.45) is 1.42. The van der Waals surface area contributed by atoms with Crippen molar-refractivity contribution in [1.82, 2.24) is 4.98 Å². The molecule has 0 radical (unpaired) electrons. The van der Waals surface area contributed by atoms with E-state index in [0.29, 0.717) is 17.9 Å². The van der Waals surface area contributed by atoms with Crippen LogP contribution >= 0.6 is 0 Å². The van der Waals surface area contributed by atoms with Crippen molar-refractivity contribution in [3.8, 4) is 5.75 Å². The van der Waals surface area contributed by atoms with Gasteiger partial charge in [0.25, 0.3) is 0 Å². The largest absolute Gasteiger partial charge is 0.492 e. The number of pyridine rings is 1. The zero-order valence-electron chi connectivity index (χ0n) is 7.57. The number of carbonyl (C=O) groups is 1. The number of ether oxygens (including phenoxy) is 1. The van der Waals surface area contributed by atoms with Crippen LogP contribution in [0, 0.1) is 6.92 Å². The van der Waals surface area contributed by atoms with Gasteiger partial charge in [-0.25, -0.2) is 9.78 Å². The SMILES string of the molecule is CCOc1cnc(C(=O)O)c(C)c1. The van der Waals surface area contributed by atoms with E-state index >= 15 is 0 Å². The van der Waals surface area contributed by atoms with Gasteiger partial charge in [0.05, 0.1) is 12.8 Å². The molecule has 0 bridgehead atoms. The Morgan fingerprint density at radius 3 is 2.85 bits per heavy atom. The zero-order valence-corrected chi connectivity index (χ0v) is 7.57. The standard InChI is InChI=1S/C9H11NO3/c1-3-13-7-4-6(2)8(9(11)12)10-5-7/h4-5H,3H2,1-2H3,(H,11,12). The summed E-state index contributed by atoms with van der Waals surface area (Å²) in [5, 5.41) is 8.68. The average Bonchev–Trinajstić information content (AvgIpc) is 2.04.